The van der Waals surface area contributed by atoms with E-state index < -0.39 is 18.1 Å². The highest BCUT2D eigenvalue weighted by atomic mass is 79.9. The minimum atomic E-state index is -0.899. The first-order valence-electron chi connectivity index (χ1n) is 10.9. The summed E-state index contributed by atoms with van der Waals surface area (Å²) in [6.07, 6.45) is 8.16. The van der Waals surface area contributed by atoms with Gasteiger partial charge < -0.3 is 16.2 Å². The van der Waals surface area contributed by atoms with Crippen molar-refractivity contribution in [2.24, 2.45) is 17.6 Å². The van der Waals surface area contributed by atoms with Crippen molar-refractivity contribution in [3.8, 4) is 0 Å². The van der Waals surface area contributed by atoms with Crippen molar-refractivity contribution in [1.29, 1.82) is 0 Å². The van der Waals surface area contributed by atoms with Crippen LogP contribution in [0.25, 0.3) is 0 Å². The highest BCUT2D eigenvalue weighted by Gasteiger charge is 2.33. The lowest BCUT2D eigenvalue weighted by atomic mass is 9.76. The van der Waals surface area contributed by atoms with Gasteiger partial charge in [-0.05, 0) is 59.2 Å². The van der Waals surface area contributed by atoms with Gasteiger partial charge in [-0.2, -0.15) is 0 Å². The summed E-state index contributed by atoms with van der Waals surface area (Å²) in [7, 11) is 0. The van der Waals surface area contributed by atoms with Crippen LogP contribution < -0.4 is 11.1 Å². The quantitative estimate of drug-likeness (QED) is 0.502. The molecule has 0 bridgehead atoms. The van der Waals surface area contributed by atoms with Crippen molar-refractivity contribution in [2.75, 3.05) is 0 Å². The Kier molecular flexibility index (Phi) is 8.60. The summed E-state index contributed by atoms with van der Waals surface area (Å²) in [5.41, 5.74) is 7.12. The summed E-state index contributed by atoms with van der Waals surface area (Å²) in [5.74, 6) is -0.879. The number of aromatic nitrogens is 1. The van der Waals surface area contributed by atoms with Crippen LogP contribution in [-0.2, 0) is 11.2 Å². The zero-order valence-electron chi connectivity index (χ0n) is 17.5. The summed E-state index contributed by atoms with van der Waals surface area (Å²) >= 11 is 3.33. The number of nitrogens with two attached hydrogens (primary N) is 1. The van der Waals surface area contributed by atoms with Gasteiger partial charge in [0.2, 0.25) is 5.91 Å². The molecule has 1 heterocycles. The molecule has 2 amide bonds. The fourth-order valence-electron chi connectivity index (χ4n) is 4.44. The molecule has 7 heteroatoms. The number of carbonyl (C=O) groups is 2. The Labute approximate surface area is 191 Å². The SMILES string of the molecule is NC(=O)[C@@H](C[C@H](O)[C@H](Cc1ccccc1)NC(=O)c1cncc(Br)c1)C1CCCCC1. The number of pyridine rings is 1. The first-order valence-corrected chi connectivity index (χ1v) is 11.7. The van der Waals surface area contributed by atoms with Crippen molar-refractivity contribution >= 4 is 27.7 Å². The second kappa shape index (κ2) is 11.4. The van der Waals surface area contributed by atoms with Gasteiger partial charge in [0.05, 0.1) is 17.7 Å². The van der Waals surface area contributed by atoms with E-state index in [1.807, 2.05) is 30.3 Å². The second-order valence-corrected chi connectivity index (χ2v) is 9.29. The average Bonchev–Trinajstić information content (AvgIpc) is 2.78. The molecule has 6 nitrogen and oxygen atoms in total. The monoisotopic (exact) mass is 487 g/mol. The summed E-state index contributed by atoms with van der Waals surface area (Å²) in [5, 5.41) is 14.1. The fraction of sp³-hybridized carbons (Fsp3) is 0.458. The van der Waals surface area contributed by atoms with Gasteiger partial charge in [0.15, 0.2) is 0 Å². The van der Waals surface area contributed by atoms with Crippen LogP contribution in [-0.4, -0.2) is 34.1 Å². The van der Waals surface area contributed by atoms with Crippen molar-refractivity contribution in [3.63, 3.8) is 0 Å². The first kappa shape index (κ1) is 23.4. The van der Waals surface area contributed by atoms with Crippen LogP contribution in [0.5, 0.6) is 0 Å². The topological polar surface area (TPSA) is 105 Å². The molecule has 1 aliphatic rings. The maximum absolute atomic E-state index is 12.8. The summed E-state index contributed by atoms with van der Waals surface area (Å²) in [4.78, 5) is 29.1. The Morgan fingerprint density at radius 2 is 1.87 bits per heavy atom. The van der Waals surface area contributed by atoms with Gasteiger partial charge in [-0.25, -0.2) is 0 Å². The molecule has 0 radical (unpaired) electrons. The average molecular weight is 488 g/mol. The number of amides is 2. The molecular weight excluding hydrogens is 458 g/mol. The molecule has 0 spiro atoms. The third kappa shape index (κ3) is 6.87. The van der Waals surface area contributed by atoms with E-state index >= 15 is 0 Å². The van der Waals surface area contributed by atoms with E-state index in [1.165, 1.54) is 12.6 Å². The molecule has 1 fully saturated rings. The van der Waals surface area contributed by atoms with Crippen LogP contribution in [0.15, 0.2) is 53.3 Å². The number of halogens is 1. The maximum Gasteiger partial charge on any atom is 0.253 e. The molecule has 0 unspecified atom stereocenters. The Balaban J connectivity index is 1.76. The van der Waals surface area contributed by atoms with Crippen molar-refractivity contribution in [1.82, 2.24) is 10.3 Å². The van der Waals surface area contributed by atoms with Gasteiger partial charge in [-0.3, -0.25) is 14.6 Å². The summed E-state index contributed by atoms with van der Waals surface area (Å²) in [6, 6.07) is 10.8. The van der Waals surface area contributed by atoms with Gasteiger partial charge in [0.25, 0.3) is 5.91 Å². The third-order valence-corrected chi connectivity index (χ3v) is 6.56. The van der Waals surface area contributed by atoms with Crippen LogP contribution in [0.4, 0.5) is 0 Å². The number of nitrogens with zero attached hydrogens (tertiary/aromatic N) is 1. The minimum Gasteiger partial charge on any atom is -0.391 e. The number of carbonyl (C=O) groups excluding carboxylic acids is 2. The zero-order chi connectivity index (χ0) is 22.2. The van der Waals surface area contributed by atoms with Crippen LogP contribution in [0.2, 0.25) is 0 Å². The number of hydrogen-bond acceptors (Lipinski definition) is 4. The largest absolute Gasteiger partial charge is 0.391 e. The van der Waals surface area contributed by atoms with Crippen molar-refractivity contribution < 1.29 is 14.7 Å². The third-order valence-electron chi connectivity index (χ3n) is 6.13. The van der Waals surface area contributed by atoms with Gasteiger partial charge in [0, 0.05) is 22.8 Å². The molecule has 3 rings (SSSR count). The Morgan fingerprint density at radius 1 is 1.16 bits per heavy atom. The number of hydrogen-bond donors (Lipinski definition) is 3. The van der Waals surface area contributed by atoms with Gasteiger partial charge >= 0.3 is 0 Å². The molecule has 166 valence electrons. The van der Waals surface area contributed by atoms with E-state index in [0.29, 0.717) is 16.5 Å². The van der Waals surface area contributed by atoms with E-state index in [1.54, 1.807) is 12.3 Å². The number of nitrogens with one attached hydrogen (secondary N) is 1. The van der Waals surface area contributed by atoms with E-state index in [-0.39, 0.29) is 24.2 Å². The lowest BCUT2D eigenvalue weighted by Gasteiger charge is -2.32. The highest BCUT2D eigenvalue weighted by molar-refractivity contribution is 9.10. The molecule has 1 saturated carbocycles. The number of primary amides is 1. The molecule has 1 aromatic carbocycles. The zero-order valence-corrected chi connectivity index (χ0v) is 19.1. The number of rotatable bonds is 9. The minimum absolute atomic E-state index is 0.197. The Bertz CT molecular complexity index is 871. The lowest BCUT2D eigenvalue weighted by molar-refractivity contribution is -0.125. The Morgan fingerprint density at radius 3 is 2.52 bits per heavy atom. The molecular formula is C24H30BrN3O3. The van der Waals surface area contributed by atoms with E-state index in [4.69, 9.17) is 5.73 Å². The predicted molar refractivity (Wildman–Crippen MR) is 123 cm³/mol. The van der Waals surface area contributed by atoms with E-state index in [0.717, 1.165) is 31.2 Å². The molecule has 31 heavy (non-hydrogen) atoms. The normalized spacial score (nSPS) is 17.5. The van der Waals surface area contributed by atoms with Crippen molar-refractivity contribution in [2.45, 2.75) is 57.1 Å². The molecule has 1 aliphatic carbocycles. The Hall–Kier alpha value is -2.25. The molecule has 0 saturated heterocycles. The standard InChI is InChI=1S/C24H30BrN3O3/c25-19-12-18(14-27-15-19)24(31)28-21(11-16-7-3-1-4-8-16)22(29)13-20(23(26)30)17-9-5-2-6-10-17/h1,3-4,7-8,12,14-15,17,20-22,29H,2,5-6,9-11,13H2,(H2,26,30)(H,28,31)/t20-,21-,22-/m0/s1. The van der Waals surface area contributed by atoms with Gasteiger partial charge in [-0.15, -0.1) is 0 Å². The van der Waals surface area contributed by atoms with Gasteiger partial charge in [0.1, 0.15) is 0 Å². The summed E-state index contributed by atoms with van der Waals surface area (Å²) < 4.78 is 0.700. The van der Waals surface area contributed by atoms with Crippen LogP contribution in [0.3, 0.4) is 0 Å². The fourth-order valence-corrected chi connectivity index (χ4v) is 4.81. The molecule has 3 atom stereocenters. The number of aliphatic hydroxyl groups excluding tert-OH is 1. The summed E-state index contributed by atoms with van der Waals surface area (Å²) in [6.45, 7) is 0. The smallest absolute Gasteiger partial charge is 0.253 e. The number of benzene rings is 1. The van der Waals surface area contributed by atoms with Crippen LogP contribution in [0.1, 0.15) is 54.4 Å². The first-order chi connectivity index (χ1) is 14.9. The highest BCUT2D eigenvalue weighted by Crippen LogP contribution is 2.33. The molecule has 2 aromatic rings. The van der Waals surface area contributed by atoms with Crippen molar-refractivity contribution in [3.05, 3.63) is 64.4 Å². The van der Waals surface area contributed by atoms with Gasteiger partial charge in [-0.1, -0.05) is 49.6 Å². The second-order valence-electron chi connectivity index (χ2n) is 8.37. The molecule has 0 aliphatic heterocycles. The molecule has 1 aromatic heterocycles. The lowest BCUT2D eigenvalue weighted by Crippen LogP contribution is -2.47. The van der Waals surface area contributed by atoms with Crippen LogP contribution >= 0.6 is 15.9 Å². The molecule has 4 N–H and O–H groups in total. The van der Waals surface area contributed by atoms with Crippen LogP contribution in [0, 0.1) is 11.8 Å². The predicted octanol–water partition coefficient (Wildman–Crippen LogP) is 3.62. The van der Waals surface area contributed by atoms with E-state index in [2.05, 4.69) is 26.2 Å². The maximum atomic E-state index is 12.8. The number of aliphatic hydroxyl groups is 1. The van der Waals surface area contributed by atoms with E-state index in [9.17, 15) is 14.7 Å².